The predicted molar refractivity (Wildman–Crippen MR) is 106 cm³/mol. The number of ether oxygens (including phenoxy) is 1. The Morgan fingerprint density at radius 2 is 1.30 bits per heavy atom. The molecule has 0 amide bonds. The van der Waals surface area contributed by atoms with Gasteiger partial charge in [0.2, 0.25) is 0 Å². The van der Waals surface area contributed by atoms with E-state index in [4.69, 9.17) is 4.74 Å². The van der Waals surface area contributed by atoms with Crippen molar-refractivity contribution < 1.29 is 14.3 Å². The second-order valence-electron chi connectivity index (χ2n) is 6.74. The van der Waals surface area contributed by atoms with E-state index in [0.29, 0.717) is 22.6 Å². The predicted octanol–water partition coefficient (Wildman–Crippen LogP) is 5.40. The Labute approximate surface area is 159 Å². The Kier molecular flexibility index (Phi) is 5.82. The third-order valence-corrected chi connectivity index (χ3v) is 4.44. The fourth-order valence-corrected chi connectivity index (χ4v) is 2.74. The van der Waals surface area contributed by atoms with Gasteiger partial charge in [0, 0.05) is 11.1 Å². The van der Waals surface area contributed by atoms with Crippen molar-refractivity contribution in [3.05, 3.63) is 107 Å². The van der Waals surface area contributed by atoms with Crippen LogP contribution in [0.25, 0.3) is 0 Å². The number of rotatable bonds is 6. The molecule has 0 saturated carbocycles. The standard InChI is InChI=1S/C24H22O3/c1-17(2)19-10-8-18(9-11-19)16-27-24(26)22-14-12-21(13-15-22)23(25)20-6-4-3-5-7-20/h3-15,17H,16H2,1-2H3. The lowest BCUT2D eigenvalue weighted by Crippen LogP contribution is -2.07. The van der Waals surface area contributed by atoms with Gasteiger partial charge in [-0.3, -0.25) is 4.79 Å². The molecular formula is C24H22O3. The minimum absolute atomic E-state index is 0.0687. The van der Waals surface area contributed by atoms with Crippen molar-refractivity contribution in [1.29, 1.82) is 0 Å². The van der Waals surface area contributed by atoms with Gasteiger partial charge in [-0.25, -0.2) is 4.79 Å². The molecule has 0 bridgehead atoms. The largest absolute Gasteiger partial charge is 0.457 e. The molecule has 3 nitrogen and oxygen atoms in total. The minimum atomic E-state index is -0.401. The zero-order valence-corrected chi connectivity index (χ0v) is 15.5. The first-order chi connectivity index (χ1) is 13.0. The van der Waals surface area contributed by atoms with Gasteiger partial charge in [-0.2, -0.15) is 0 Å². The van der Waals surface area contributed by atoms with Crippen LogP contribution in [0.4, 0.5) is 0 Å². The molecule has 0 spiro atoms. The van der Waals surface area contributed by atoms with E-state index in [0.717, 1.165) is 5.56 Å². The van der Waals surface area contributed by atoms with Crippen LogP contribution in [0.2, 0.25) is 0 Å². The lowest BCUT2D eigenvalue weighted by molar-refractivity contribution is 0.0472. The van der Waals surface area contributed by atoms with Crippen molar-refractivity contribution >= 4 is 11.8 Å². The molecular weight excluding hydrogens is 336 g/mol. The maximum atomic E-state index is 12.4. The second-order valence-corrected chi connectivity index (χ2v) is 6.74. The summed E-state index contributed by atoms with van der Waals surface area (Å²) >= 11 is 0. The van der Waals surface area contributed by atoms with Crippen LogP contribution >= 0.6 is 0 Å². The zero-order chi connectivity index (χ0) is 19.2. The quantitative estimate of drug-likeness (QED) is 0.438. The number of hydrogen-bond acceptors (Lipinski definition) is 3. The molecule has 3 heteroatoms. The summed E-state index contributed by atoms with van der Waals surface area (Å²) in [6.07, 6.45) is 0. The van der Waals surface area contributed by atoms with Crippen LogP contribution in [-0.4, -0.2) is 11.8 Å². The SMILES string of the molecule is CC(C)c1ccc(COC(=O)c2ccc(C(=O)c3ccccc3)cc2)cc1. The maximum absolute atomic E-state index is 12.4. The van der Waals surface area contributed by atoms with E-state index in [1.54, 1.807) is 36.4 Å². The molecule has 0 aromatic heterocycles. The van der Waals surface area contributed by atoms with E-state index in [9.17, 15) is 9.59 Å². The summed E-state index contributed by atoms with van der Waals surface area (Å²) in [5, 5.41) is 0. The Hall–Kier alpha value is -3.20. The van der Waals surface area contributed by atoms with Gasteiger partial charge in [0.1, 0.15) is 6.61 Å². The number of carbonyl (C=O) groups excluding carboxylic acids is 2. The highest BCUT2D eigenvalue weighted by molar-refractivity contribution is 6.09. The molecule has 0 saturated heterocycles. The molecule has 0 atom stereocenters. The smallest absolute Gasteiger partial charge is 0.338 e. The van der Waals surface area contributed by atoms with E-state index in [1.165, 1.54) is 5.56 Å². The van der Waals surface area contributed by atoms with Crippen molar-refractivity contribution in [3.63, 3.8) is 0 Å². The van der Waals surface area contributed by atoms with E-state index in [2.05, 4.69) is 26.0 Å². The second kappa shape index (κ2) is 8.45. The Bertz CT molecular complexity index is 908. The van der Waals surface area contributed by atoms with Crippen molar-refractivity contribution in [2.24, 2.45) is 0 Å². The highest BCUT2D eigenvalue weighted by atomic mass is 16.5. The van der Waals surface area contributed by atoms with E-state index in [1.807, 2.05) is 30.3 Å². The normalized spacial score (nSPS) is 10.6. The summed E-state index contributed by atoms with van der Waals surface area (Å²) in [7, 11) is 0. The Morgan fingerprint density at radius 3 is 1.89 bits per heavy atom. The van der Waals surface area contributed by atoms with Gasteiger partial charge in [-0.05, 0) is 29.2 Å². The third kappa shape index (κ3) is 4.70. The lowest BCUT2D eigenvalue weighted by atomic mass is 10.0. The van der Waals surface area contributed by atoms with Crippen molar-refractivity contribution in [2.45, 2.75) is 26.4 Å². The number of benzene rings is 3. The summed E-state index contributed by atoms with van der Waals surface area (Å²) in [6.45, 7) is 4.50. The van der Waals surface area contributed by atoms with Gasteiger partial charge in [0.25, 0.3) is 0 Å². The van der Waals surface area contributed by atoms with Crippen molar-refractivity contribution in [3.8, 4) is 0 Å². The van der Waals surface area contributed by atoms with Crippen LogP contribution in [0.5, 0.6) is 0 Å². The fourth-order valence-electron chi connectivity index (χ4n) is 2.74. The van der Waals surface area contributed by atoms with Crippen molar-refractivity contribution in [2.75, 3.05) is 0 Å². The highest BCUT2D eigenvalue weighted by Gasteiger charge is 2.11. The van der Waals surface area contributed by atoms with Gasteiger partial charge >= 0.3 is 5.97 Å². The van der Waals surface area contributed by atoms with Crippen molar-refractivity contribution in [1.82, 2.24) is 0 Å². The number of hydrogen-bond donors (Lipinski definition) is 0. The van der Waals surface area contributed by atoms with E-state index in [-0.39, 0.29) is 12.4 Å². The molecule has 0 heterocycles. The molecule has 0 radical (unpaired) electrons. The van der Waals surface area contributed by atoms with E-state index < -0.39 is 5.97 Å². The topological polar surface area (TPSA) is 43.4 Å². The fraction of sp³-hybridized carbons (Fsp3) is 0.167. The number of esters is 1. The van der Waals surface area contributed by atoms with Gasteiger partial charge < -0.3 is 4.74 Å². The van der Waals surface area contributed by atoms with Gasteiger partial charge in [0.05, 0.1) is 5.56 Å². The first-order valence-corrected chi connectivity index (χ1v) is 9.00. The summed E-state index contributed by atoms with van der Waals surface area (Å²) in [5.74, 6) is 0.00103. The summed E-state index contributed by atoms with van der Waals surface area (Å²) in [6, 6.07) is 23.7. The third-order valence-electron chi connectivity index (χ3n) is 4.44. The monoisotopic (exact) mass is 358 g/mol. The first-order valence-electron chi connectivity index (χ1n) is 9.00. The van der Waals surface area contributed by atoms with Crippen LogP contribution in [-0.2, 0) is 11.3 Å². The molecule has 0 aliphatic rings. The van der Waals surface area contributed by atoms with E-state index >= 15 is 0 Å². The molecule has 3 rings (SSSR count). The first kappa shape index (κ1) is 18.6. The molecule has 0 fully saturated rings. The van der Waals surface area contributed by atoms with Crippen LogP contribution in [0, 0.1) is 0 Å². The lowest BCUT2D eigenvalue weighted by Gasteiger charge is -2.08. The highest BCUT2D eigenvalue weighted by Crippen LogP contribution is 2.16. The molecule has 0 aliphatic carbocycles. The summed E-state index contributed by atoms with van der Waals surface area (Å²) in [5.41, 5.74) is 3.80. The Morgan fingerprint density at radius 1 is 0.741 bits per heavy atom. The summed E-state index contributed by atoms with van der Waals surface area (Å²) < 4.78 is 5.38. The van der Waals surface area contributed by atoms with Crippen LogP contribution in [0.15, 0.2) is 78.9 Å². The molecule has 27 heavy (non-hydrogen) atoms. The van der Waals surface area contributed by atoms with Crippen LogP contribution in [0.1, 0.15) is 57.2 Å². The Balaban J connectivity index is 1.61. The van der Waals surface area contributed by atoms with Gasteiger partial charge in [-0.15, -0.1) is 0 Å². The molecule has 0 N–H and O–H groups in total. The summed E-state index contributed by atoms with van der Waals surface area (Å²) in [4.78, 5) is 24.6. The number of carbonyl (C=O) groups is 2. The molecule has 3 aromatic rings. The van der Waals surface area contributed by atoms with Crippen LogP contribution in [0.3, 0.4) is 0 Å². The number of ketones is 1. The average Bonchev–Trinajstić information content (AvgIpc) is 2.72. The minimum Gasteiger partial charge on any atom is -0.457 e. The maximum Gasteiger partial charge on any atom is 0.338 e. The molecule has 136 valence electrons. The molecule has 3 aromatic carbocycles. The van der Waals surface area contributed by atoms with Gasteiger partial charge in [0.15, 0.2) is 5.78 Å². The van der Waals surface area contributed by atoms with Crippen LogP contribution < -0.4 is 0 Å². The average molecular weight is 358 g/mol. The van der Waals surface area contributed by atoms with Gasteiger partial charge in [-0.1, -0.05) is 80.6 Å². The molecule has 0 unspecified atom stereocenters. The zero-order valence-electron chi connectivity index (χ0n) is 15.5. The molecule has 0 aliphatic heterocycles.